The lowest BCUT2D eigenvalue weighted by atomic mass is 9.95. The summed E-state index contributed by atoms with van der Waals surface area (Å²) in [6.45, 7) is 0. The lowest BCUT2D eigenvalue weighted by molar-refractivity contribution is 0.618. The number of benzene rings is 1. The lowest BCUT2D eigenvalue weighted by Crippen LogP contribution is -2.00. The average Bonchev–Trinajstić information content (AvgIpc) is 2.36. The summed E-state index contributed by atoms with van der Waals surface area (Å²) in [6.07, 6.45) is 1.64. The van der Waals surface area contributed by atoms with Gasteiger partial charge in [-0.3, -0.25) is 0 Å². The second-order valence-electron chi connectivity index (χ2n) is 2.19. The highest BCUT2D eigenvalue weighted by Crippen LogP contribution is 2.10. The third-order valence-corrected chi connectivity index (χ3v) is 1.51. The second kappa shape index (κ2) is 1.91. The smallest absolute Gasteiger partial charge is 0.126 e. The molecule has 46 valence electrons. The largest absolute Gasteiger partial charge is 0.465 e. The van der Waals surface area contributed by atoms with E-state index in [0.717, 1.165) is 11.0 Å². The zero-order chi connectivity index (χ0) is 6.97. The Kier molecular flexibility index (Phi) is 1.07. The molecule has 0 unspecified atom stereocenters. The Bertz CT molecular complexity index is 351. The van der Waals surface area contributed by atoms with E-state index in [4.69, 9.17) is 12.3 Å². The summed E-state index contributed by atoms with van der Waals surface area (Å²) in [4.78, 5) is 0. The normalized spacial score (nSPS) is 10.4. The highest BCUT2D eigenvalue weighted by Gasteiger charge is 1.96. The Hall–Kier alpha value is -1.18. The molecular weight excluding hydrogens is 123 g/mol. The van der Waals surface area contributed by atoms with Crippen LogP contribution in [-0.4, -0.2) is 7.85 Å². The molecule has 0 aliphatic carbocycles. The fourth-order valence-corrected chi connectivity index (χ4v) is 1.02. The van der Waals surface area contributed by atoms with E-state index in [1.54, 1.807) is 6.26 Å². The van der Waals surface area contributed by atoms with Gasteiger partial charge >= 0.3 is 0 Å². The Morgan fingerprint density at radius 1 is 1.20 bits per heavy atom. The summed E-state index contributed by atoms with van der Waals surface area (Å²) < 4.78 is 5.12. The molecule has 0 spiro atoms. The highest BCUT2D eigenvalue weighted by molar-refractivity contribution is 6.37. The minimum absolute atomic E-state index is 0.697. The zero-order valence-electron chi connectivity index (χ0n) is 5.37. The number of rotatable bonds is 0. The predicted octanol–water partition coefficient (Wildman–Crippen LogP) is 1.23. The van der Waals surface area contributed by atoms with Crippen molar-refractivity contribution in [2.75, 3.05) is 0 Å². The summed E-state index contributed by atoms with van der Waals surface area (Å²) in [7, 11) is 5.61. The van der Waals surface area contributed by atoms with Gasteiger partial charge in [-0.15, -0.1) is 0 Å². The van der Waals surface area contributed by atoms with E-state index in [9.17, 15) is 0 Å². The molecule has 0 fully saturated rings. The topological polar surface area (TPSA) is 13.1 Å². The number of hydrogen-bond donors (Lipinski definition) is 0. The van der Waals surface area contributed by atoms with Crippen LogP contribution in [0.15, 0.2) is 34.9 Å². The van der Waals surface area contributed by atoms with Crippen LogP contribution in [0.3, 0.4) is 0 Å². The summed E-state index contributed by atoms with van der Waals surface area (Å²) in [5.41, 5.74) is 1.48. The molecule has 1 nitrogen and oxygen atoms in total. The van der Waals surface area contributed by atoms with Gasteiger partial charge in [0.15, 0.2) is 0 Å². The molecular formula is C8H5BO. The molecule has 0 saturated heterocycles. The first-order valence-electron chi connectivity index (χ1n) is 3.09. The molecule has 2 aromatic rings. The third-order valence-electron chi connectivity index (χ3n) is 1.51. The monoisotopic (exact) mass is 128 g/mol. The van der Waals surface area contributed by atoms with Crippen molar-refractivity contribution < 1.29 is 4.42 Å². The van der Waals surface area contributed by atoms with Gasteiger partial charge in [0, 0.05) is 5.39 Å². The van der Waals surface area contributed by atoms with Gasteiger partial charge in [0.1, 0.15) is 13.4 Å². The molecule has 2 heteroatoms. The van der Waals surface area contributed by atoms with Gasteiger partial charge in [-0.25, -0.2) is 0 Å². The van der Waals surface area contributed by atoms with Crippen molar-refractivity contribution in [2.45, 2.75) is 0 Å². The standard InChI is InChI=1S/C8H5BO/c9-7-3-1-2-6-4-5-10-8(6)7/h1-5H. The highest BCUT2D eigenvalue weighted by atomic mass is 16.3. The summed E-state index contributed by atoms with van der Waals surface area (Å²) in [6, 6.07) is 7.60. The van der Waals surface area contributed by atoms with Gasteiger partial charge in [0.25, 0.3) is 0 Å². The van der Waals surface area contributed by atoms with Crippen LogP contribution in [0.2, 0.25) is 0 Å². The van der Waals surface area contributed by atoms with Crippen molar-refractivity contribution in [3.05, 3.63) is 30.5 Å². The first-order chi connectivity index (χ1) is 4.88. The van der Waals surface area contributed by atoms with Crippen molar-refractivity contribution in [3.8, 4) is 0 Å². The van der Waals surface area contributed by atoms with Gasteiger partial charge in [-0.2, -0.15) is 0 Å². The van der Waals surface area contributed by atoms with Gasteiger partial charge in [-0.1, -0.05) is 23.7 Å². The molecule has 1 heterocycles. The van der Waals surface area contributed by atoms with Crippen LogP contribution >= 0.6 is 0 Å². The molecule has 0 saturated carbocycles. The second-order valence-corrected chi connectivity index (χ2v) is 2.19. The Balaban J connectivity index is 2.95. The van der Waals surface area contributed by atoms with E-state index in [1.807, 2.05) is 24.3 Å². The van der Waals surface area contributed by atoms with E-state index in [-0.39, 0.29) is 0 Å². The first-order valence-corrected chi connectivity index (χ1v) is 3.09. The van der Waals surface area contributed by atoms with Crippen molar-refractivity contribution in [3.63, 3.8) is 0 Å². The average molecular weight is 128 g/mol. The minimum Gasteiger partial charge on any atom is -0.465 e. The third kappa shape index (κ3) is 0.653. The van der Waals surface area contributed by atoms with E-state index in [1.165, 1.54) is 0 Å². The van der Waals surface area contributed by atoms with E-state index in [2.05, 4.69) is 0 Å². The number of para-hydroxylation sites is 1. The van der Waals surface area contributed by atoms with Crippen molar-refractivity contribution in [1.82, 2.24) is 0 Å². The molecule has 0 N–H and O–H groups in total. The number of furan rings is 1. The Morgan fingerprint density at radius 2 is 2.10 bits per heavy atom. The quantitative estimate of drug-likeness (QED) is 0.486. The Morgan fingerprint density at radius 3 is 2.90 bits per heavy atom. The summed E-state index contributed by atoms with van der Waals surface area (Å²) >= 11 is 0. The van der Waals surface area contributed by atoms with Crippen molar-refractivity contribution in [2.24, 2.45) is 0 Å². The molecule has 10 heavy (non-hydrogen) atoms. The maximum atomic E-state index is 5.61. The van der Waals surface area contributed by atoms with E-state index in [0.29, 0.717) is 5.46 Å². The maximum Gasteiger partial charge on any atom is 0.126 e. The van der Waals surface area contributed by atoms with Crippen LogP contribution in [0.5, 0.6) is 0 Å². The fraction of sp³-hybridized carbons (Fsp3) is 0. The number of hydrogen-bond acceptors (Lipinski definition) is 1. The molecule has 0 aliphatic rings. The van der Waals surface area contributed by atoms with Gasteiger partial charge < -0.3 is 4.42 Å². The SMILES string of the molecule is [B]c1cccc2ccoc12. The van der Waals surface area contributed by atoms with Crippen LogP contribution < -0.4 is 5.46 Å². The van der Waals surface area contributed by atoms with E-state index < -0.39 is 0 Å². The molecule has 0 atom stereocenters. The van der Waals surface area contributed by atoms with Crippen molar-refractivity contribution >= 4 is 24.3 Å². The molecule has 0 bridgehead atoms. The van der Waals surface area contributed by atoms with E-state index >= 15 is 0 Å². The molecule has 2 radical (unpaired) electrons. The molecule has 0 amide bonds. The predicted molar refractivity (Wildman–Crippen MR) is 41.6 cm³/mol. The molecule has 1 aromatic heterocycles. The first kappa shape index (κ1) is 5.60. The van der Waals surface area contributed by atoms with Crippen LogP contribution in [0.4, 0.5) is 0 Å². The fourth-order valence-electron chi connectivity index (χ4n) is 1.02. The van der Waals surface area contributed by atoms with Gasteiger partial charge in [0.2, 0.25) is 0 Å². The zero-order valence-corrected chi connectivity index (χ0v) is 5.37. The summed E-state index contributed by atoms with van der Waals surface area (Å²) in [5.74, 6) is 0. The van der Waals surface area contributed by atoms with Crippen LogP contribution in [0, 0.1) is 0 Å². The van der Waals surface area contributed by atoms with Gasteiger partial charge in [-0.05, 0) is 6.07 Å². The molecule has 2 rings (SSSR count). The van der Waals surface area contributed by atoms with Crippen molar-refractivity contribution in [1.29, 1.82) is 0 Å². The Labute approximate surface area is 60.1 Å². The summed E-state index contributed by atoms with van der Waals surface area (Å²) in [5, 5.41) is 1.06. The van der Waals surface area contributed by atoms with Gasteiger partial charge in [0.05, 0.1) is 6.26 Å². The van der Waals surface area contributed by atoms with Crippen LogP contribution in [-0.2, 0) is 0 Å². The van der Waals surface area contributed by atoms with Crippen LogP contribution in [0.25, 0.3) is 11.0 Å². The molecule has 1 aromatic carbocycles. The van der Waals surface area contributed by atoms with Crippen LogP contribution in [0.1, 0.15) is 0 Å². The molecule has 0 aliphatic heterocycles. The maximum absolute atomic E-state index is 5.61. The minimum atomic E-state index is 0.697. The lowest BCUT2D eigenvalue weighted by Gasteiger charge is -1.91. The number of fused-ring (bicyclic) bond motifs is 1.